The van der Waals surface area contributed by atoms with Crippen molar-refractivity contribution in [2.45, 2.75) is 44.6 Å². The van der Waals surface area contributed by atoms with E-state index in [1.54, 1.807) is 30.6 Å². The number of pyridine rings is 2. The second kappa shape index (κ2) is 9.73. The Morgan fingerprint density at radius 2 is 1.76 bits per heavy atom. The number of nitrogens with two attached hydrogens (primary N) is 1. The smallest absolute Gasteiger partial charge is 0.242 e. The minimum atomic E-state index is -0.550. The van der Waals surface area contributed by atoms with E-state index in [4.69, 9.17) is 5.73 Å². The largest absolute Gasteiger partial charge is 0.339 e. The van der Waals surface area contributed by atoms with Gasteiger partial charge in [0.15, 0.2) is 0 Å². The third kappa shape index (κ3) is 4.70. The molecule has 0 saturated heterocycles. The standard InChI is InChI=1S/C27H28FN5O/c28-20-8-6-19(7-9-20)25-24(18-12-14-30-15-13-18)21-10-11-23(31-26(21)33-25)32-27(34)22(29)16-17-4-2-1-3-5-17/h6-15,17,22H,1-5,16,29H2,(H2,31,32,33,34). The van der Waals surface area contributed by atoms with Gasteiger partial charge in [-0.2, -0.15) is 0 Å². The number of rotatable bonds is 6. The summed E-state index contributed by atoms with van der Waals surface area (Å²) in [5, 5.41) is 3.78. The highest BCUT2D eigenvalue weighted by molar-refractivity contribution is 6.03. The molecule has 6 nitrogen and oxygen atoms in total. The number of amides is 1. The number of anilines is 1. The number of carbonyl (C=O) groups is 1. The highest BCUT2D eigenvalue weighted by Crippen LogP contribution is 2.38. The number of nitrogens with zero attached hydrogens (tertiary/aromatic N) is 2. The fraction of sp³-hybridized carbons (Fsp3) is 0.296. The van der Waals surface area contributed by atoms with Gasteiger partial charge in [-0.3, -0.25) is 9.78 Å². The molecule has 1 aliphatic carbocycles. The first-order valence-electron chi connectivity index (χ1n) is 11.8. The maximum absolute atomic E-state index is 13.5. The first-order valence-corrected chi connectivity index (χ1v) is 11.8. The Morgan fingerprint density at radius 3 is 2.50 bits per heavy atom. The van der Waals surface area contributed by atoms with Crippen LogP contribution in [0.3, 0.4) is 0 Å². The molecule has 3 aromatic heterocycles. The molecule has 3 heterocycles. The van der Waals surface area contributed by atoms with E-state index in [0.717, 1.165) is 40.6 Å². The van der Waals surface area contributed by atoms with Crippen LogP contribution in [0.25, 0.3) is 33.4 Å². The lowest BCUT2D eigenvalue weighted by Crippen LogP contribution is -2.37. The highest BCUT2D eigenvalue weighted by Gasteiger charge is 2.22. The molecule has 0 radical (unpaired) electrons. The van der Waals surface area contributed by atoms with E-state index in [2.05, 4.69) is 20.3 Å². The Bertz CT molecular complexity index is 1280. The van der Waals surface area contributed by atoms with Crippen LogP contribution in [-0.2, 0) is 4.79 Å². The van der Waals surface area contributed by atoms with Gasteiger partial charge < -0.3 is 16.0 Å². The second-order valence-corrected chi connectivity index (χ2v) is 9.05. The molecule has 34 heavy (non-hydrogen) atoms. The van der Waals surface area contributed by atoms with Gasteiger partial charge in [0.05, 0.1) is 11.7 Å². The Labute approximate surface area is 197 Å². The summed E-state index contributed by atoms with van der Waals surface area (Å²) in [6.07, 6.45) is 10.2. The molecule has 1 atom stereocenters. The zero-order valence-corrected chi connectivity index (χ0v) is 18.9. The lowest BCUT2D eigenvalue weighted by Gasteiger charge is -2.24. The number of benzene rings is 1. The van der Waals surface area contributed by atoms with Crippen LogP contribution in [0.4, 0.5) is 10.2 Å². The Hall–Kier alpha value is -3.58. The van der Waals surface area contributed by atoms with Crippen molar-refractivity contribution in [1.29, 1.82) is 0 Å². The van der Waals surface area contributed by atoms with Crippen molar-refractivity contribution in [2.75, 3.05) is 5.32 Å². The molecule has 0 aliphatic heterocycles. The molecule has 1 saturated carbocycles. The van der Waals surface area contributed by atoms with Crippen LogP contribution < -0.4 is 11.1 Å². The van der Waals surface area contributed by atoms with Crippen molar-refractivity contribution in [1.82, 2.24) is 15.0 Å². The number of hydrogen-bond acceptors (Lipinski definition) is 4. The summed E-state index contributed by atoms with van der Waals surface area (Å²) in [5.41, 5.74) is 10.4. The lowest BCUT2D eigenvalue weighted by molar-refractivity contribution is -0.117. The number of H-pyrrole nitrogens is 1. The Morgan fingerprint density at radius 1 is 1.03 bits per heavy atom. The maximum atomic E-state index is 13.5. The molecule has 174 valence electrons. The van der Waals surface area contributed by atoms with Crippen molar-refractivity contribution < 1.29 is 9.18 Å². The Balaban J connectivity index is 1.45. The van der Waals surface area contributed by atoms with Crippen molar-refractivity contribution in [3.63, 3.8) is 0 Å². The summed E-state index contributed by atoms with van der Waals surface area (Å²) in [6.45, 7) is 0. The highest BCUT2D eigenvalue weighted by atomic mass is 19.1. The summed E-state index contributed by atoms with van der Waals surface area (Å²) >= 11 is 0. The van der Waals surface area contributed by atoms with Crippen LogP contribution in [0, 0.1) is 11.7 Å². The fourth-order valence-electron chi connectivity index (χ4n) is 4.90. The molecular formula is C27H28FN5O. The van der Waals surface area contributed by atoms with Crippen LogP contribution in [0.15, 0.2) is 60.9 Å². The van der Waals surface area contributed by atoms with Crippen LogP contribution in [0.5, 0.6) is 0 Å². The molecule has 4 N–H and O–H groups in total. The SMILES string of the molecule is NC(CC1CCCCC1)C(=O)Nc1ccc2c(-c3ccncc3)c(-c3ccc(F)cc3)[nH]c2n1. The van der Waals surface area contributed by atoms with Crippen molar-refractivity contribution in [3.05, 3.63) is 66.7 Å². The number of hydrogen-bond donors (Lipinski definition) is 3. The maximum Gasteiger partial charge on any atom is 0.242 e. The molecule has 0 spiro atoms. The topological polar surface area (TPSA) is 96.7 Å². The summed E-state index contributed by atoms with van der Waals surface area (Å²) in [5.74, 6) is 0.467. The van der Waals surface area contributed by atoms with E-state index in [0.29, 0.717) is 23.8 Å². The molecule has 1 amide bonds. The van der Waals surface area contributed by atoms with E-state index in [9.17, 15) is 9.18 Å². The zero-order valence-electron chi connectivity index (χ0n) is 18.9. The fourth-order valence-corrected chi connectivity index (χ4v) is 4.90. The second-order valence-electron chi connectivity index (χ2n) is 9.05. The summed E-state index contributed by atoms with van der Waals surface area (Å²) in [6, 6.07) is 13.4. The van der Waals surface area contributed by atoms with E-state index >= 15 is 0 Å². The van der Waals surface area contributed by atoms with Crippen LogP contribution in [0.2, 0.25) is 0 Å². The average Bonchev–Trinajstić information content (AvgIpc) is 3.24. The van der Waals surface area contributed by atoms with Crippen molar-refractivity contribution in [3.8, 4) is 22.4 Å². The minimum Gasteiger partial charge on any atom is -0.339 e. The molecular weight excluding hydrogens is 429 g/mol. The molecule has 0 bridgehead atoms. The predicted molar refractivity (Wildman–Crippen MR) is 133 cm³/mol. The first-order chi connectivity index (χ1) is 16.6. The first kappa shape index (κ1) is 22.2. The van der Waals surface area contributed by atoms with Crippen LogP contribution in [0.1, 0.15) is 38.5 Å². The number of nitrogens with one attached hydrogen (secondary N) is 2. The normalized spacial score (nSPS) is 15.4. The lowest BCUT2D eigenvalue weighted by atomic mass is 9.85. The van der Waals surface area contributed by atoms with Gasteiger partial charge in [0.2, 0.25) is 5.91 Å². The summed E-state index contributed by atoms with van der Waals surface area (Å²) in [4.78, 5) is 24.9. The summed E-state index contributed by atoms with van der Waals surface area (Å²) in [7, 11) is 0. The average molecular weight is 458 g/mol. The van der Waals surface area contributed by atoms with Gasteiger partial charge >= 0.3 is 0 Å². The van der Waals surface area contributed by atoms with E-state index in [1.807, 2.05) is 18.2 Å². The van der Waals surface area contributed by atoms with Gasteiger partial charge in [-0.15, -0.1) is 0 Å². The molecule has 1 aliphatic rings. The predicted octanol–water partition coefficient (Wildman–Crippen LogP) is 5.67. The van der Waals surface area contributed by atoms with Crippen LogP contribution in [-0.4, -0.2) is 26.9 Å². The van der Waals surface area contributed by atoms with Crippen molar-refractivity contribution in [2.24, 2.45) is 11.7 Å². The molecule has 1 aromatic carbocycles. The van der Waals surface area contributed by atoms with E-state index in [-0.39, 0.29) is 11.7 Å². The van der Waals surface area contributed by atoms with Gasteiger partial charge in [0.25, 0.3) is 0 Å². The number of aromatic amines is 1. The van der Waals surface area contributed by atoms with Crippen LogP contribution >= 0.6 is 0 Å². The third-order valence-corrected chi connectivity index (χ3v) is 6.66. The minimum absolute atomic E-state index is 0.211. The Kier molecular flexibility index (Phi) is 6.36. The van der Waals surface area contributed by atoms with E-state index < -0.39 is 6.04 Å². The van der Waals surface area contributed by atoms with Gasteiger partial charge in [-0.1, -0.05) is 32.1 Å². The quantitative estimate of drug-likeness (QED) is 0.348. The number of aromatic nitrogens is 3. The van der Waals surface area contributed by atoms with Crippen molar-refractivity contribution >= 4 is 22.8 Å². The van der Waals surface area contributed by atoms with Gasteiger partial charge in [0.1, 0.15) is 17.3 Å². The summed E-state index contributed by atoms with van der Waals surface area (Å²) < 4.78 is 13.5. The zero-order chi connectivity index (χ0) is 23.5. The number of carbonyl (C=O) groups excluding carboxylic acids is 1. The van der Waals surface area contributed by atoms with Gasteiger partial charge in [-0.05, 0) is 72.0 Å². The number of halogens is 1. The monoisotopic (exact) mass is 457 g/mol. The van der Waals surface area contributed by atoms with Gasteiger partial charge in [0, 0.05) is 23.3 Å². The number of fused-ring (bicyclic) bond motifs is 1. The third-order valence-electron chi connectivity index (χ3n) is 6.66. The molecule has 4 aromatic rings. The van der Waals surface area contributed by atoms with E-state index in [1.165, 1.54) is 31.4 Å². The molecule has 5 rings (SSSR count). The molecule has 1 fully saturated rings. The molecule has 7 heteroatoms. The van der Waals surface area contributed by atoms with Gasteiger partial charge in [-0.25, -0.2) is 9.37 Å². The molecule has 1 unspecified atom stereocenters.